The summed E-state index contributed by atoms with van der Waals surface area (Å²) in [7, 11) is 0. The van der Waals surface area contributed by atoms with E-state index in [1.165, 1.54) is 0 Å². The van der Waals surface area contributed by atoms with Crippen molar-refractivity contribution >= 4 is 6.09 Å². The molecule has 0 aromatic rings. The first-order valence-corrected chi connectivity index (χ1v) is 4.40. The minimum atomic E-state index is -0.732. The fourth-order valence-electron chi connectivity index (χ4n) is 1.29. The summed E-state index contributed by atoms with van der Waals surface area (Å²) in [6.45, 7) is 7.87. The number of cyclic esters (lactones) is 1. The van der Waals surface area contributed by atoms with Gasteiger partial charge >= 0.3 is 6.09 Å². The van der Waals surface area contributed by atoms with E-state index in [1.807, 2.05) is 20.8 Å². The van der Waals surface area contributed by atoms with Crippen LogP contribution in [0, 0.1) is 0 Å². The molecule has 1 aliphatic rings. The van der Waals surface area contributed by atoms with Gasteiger partial charge in [0.05, 0.1) is 13.2 Å². The Morgan fingerprint density at radius 3 is 2.38 bits per heavy atom. The number of carbonyl (C=O) groups excluding carboxylic acids is 1. The number of amides is 1. The van der Waals surface area contributed by atoms with Crippen LogP contribution in [0.4, 0.5) is 4.79 Å². The zero-order chi connectivity index (χ0) is 10.3. The van der Waals surface area contributed by atoms with Crippen LogP contribution in [-0.2, 0) is 4.74 Å². The Kier molecular flexibility index (Phi) is 2.28. The second-order valence-electron chi connectivity index (χ2n) is 4.73. The lowest BCUT2D eigenvalue weighted by molar-refractivity contribution is 0.0218. The lowest BCUT2D eigenvalue weighted by atomic mass is 10.0. The molecular weight excluding hydrogens is 170 g/mol. The molecule has 76 valence electrons. The number of aliphatic hydroxyl groups excluding tert-OH is 1. The summed E-state index contributed by atoms with van der Waals surface area (Å²) in [5.41, 5.74) is -0.978. The number of rotatable bonds is 1. The maximum absolute atomic E-state index is 11.4. The Labute approximate surface area is 78.5 Å². The molecule has 1 fully saturated rings. The second kappa shape index (κ2) is 2.87. The summed E-state index contributed by atoms with van der Waals surface area (Å²) in [5, 5.41) is 9.02. The minimum Gasteiger partial charge on any atom is -0.439 e. The molecule has 1 amide bonds. The van der Waals surface area contributed by atoms with Gasteiger partial charge in [0, 0.05) is 5.54 Å². The first-order chi connectivity index (χ1) is 5.78. The Morgan fingerprint density at radius 1 is 1.62 bits per heavy atom. The molecule has 4 nitrogen and oxygen atoms in total. The monoisotopic (exact) mass is 187 g/mol. The highest BCUT2D eigenvalue weighted by Crippen LogP contribution is 2.27. The lowest BCUT2D eigenvalue weighted by Crippen LogP contribution is -2.44. The molecule has 0 bridgehead atoms. The topological polar surface area (TPSA) is 49.8 Å². The third-order valence-electron chi connectivity index (χ3n) is 2.19. The van der Waals surface area contributed by atoms with E-state index in [2.05, 4.69) is 0 Å². The number of hydrogen-bond donors (Lipinski definition) is 1. The minimum absolute atomic E-state index is 0.134. The molecule has 1 saturated heterocycles. The van der Waals surface area contributed by atoms with Crippen molar-refractivity contribution in [3.63, 3.8) is 0 Å². The summed E-state index contributed by atoms with van der Waals surface area (Å²) < 4.78 is 5.07. The Hall–Kier alpha value is -0.770. The standard InChI is InChI=1S/C9H17NO3/c1-8(2,3)10-5-9(4,6-11)13-7(10)12/h11H,5-6H2,1-4H3. The number of carbonyl (C=O) groups is 1. The van der Waals surface area contributed by atoms with E-state index < -0.39 is 5.60 Å². The van der Waals surface area contributed by atoms with Crippen LogP contribution in [0.5, 0.6) is 0 Å². The van der Waals surface area contributed by atoms with E-state index in [1.54, 1.807) is 11.8 Å². The van der Waals surface area contributed by atoms with Crippen LogP contribution < -0.4 is 0 Å². The van der Waals surface area contributed by atoms with Crippen LogP contribution >= 0.6 is 0 Å². The molecule has 0 spiro atoms. The number of hydrogen-bond acceptors (Lipinski definition) is 3. The highest BCUT2D eigenvalue weighted by atomic mass is 16.6. The molecule has 1 N–H and O–H groups in total. The van der Waals surface area contributed by atoms with Gasteiger partial charge in [-0.1, -0.05) is 0 Å². The van der Waals surface area contributed by atoms with Crippen molar-refractivity contribution in [1.29, 1.82) is 0 Å². The predicted octanol–water partition coefficient (Wildman–Crippen LogP) is 0.988. The van der Waals surface area contributed by atoms with Crippen LogP contribution in [0.15, 0.2) is 0 Å². The molecule has 0 aliphatic carbocycles. The van der Waals surface area contributed by atoms with Gasteiger partial charge in [0.2, 0.25) is 0 Å². The first-order valence-electron chi connectivity index (χ1n) is 4.40. The fourth-order valence-corrected chi connectivity index (χ4v) is 1.29. The summed E-state index contributed by atoms with van der Waals surface area (Å²) in [4.78, 5) is 13.0. The molecule has 1 unspecified atom stereocenters. The average Bonchev–Trinajstić information content (AvgIpc) is 2.27. The number of aliphatic hydroxyl groups is 1. The van der Waals surface area contributed by atoms with Gasteiger partial charge in [0.15, 0.2) is 5.60 Å². The molecule has 1 heterocycles. The van der Waals surface area contributed by atoms with E-state index in [0.29, 0.717) is 6.54 Å². The van der Waals surface area contributed by atoms with Crippen LogP contribution in [0.2, 0.25) is 0 Å². The third-order valence-corrected chi connectivity index (χ3v) is 2.19. The van der Waals surface area contributed by atoms with Gasteiger partial charge in [-0.2, -0.15) is 0 Å². The maximum Gasteiger partial charge on any atom is 0.411 e. The fraction of sp³-hybridized carbons (Fsp3) is 0.889. The summed E-state index contributed by atoms with van der Waals surface area (Å²) in [6.07, 6.45) is -0.343. The van der Waals surface area contributed by atoms with Crippen molar-refractivity contribution in [3.05, 3.63) is 0 Å². The zero-order valence-corrected chi connectivity index (χ0v) is 8.63. The molecule has 1 rings (SSSR count). The maximum atomic E-state index is 11.4. The van der Waals surface area contributed by atoms with Gasteiger partial charge in [0.25, 0.3) is 0 Å². The quantitative estimate of drug-likeness (QED) is 0.666. The molecule has 0 saturated carbocycles. The largest absolute Gasteiger partial charge is 0.439 e. The van der Waals surface area contributed by atoms with Gasteiger partial charge < -0.3 is 9.84 Å². The molecule has 4 heteroatoms. The van der Waals surface area contributed by atoms with E-state index >= 15 is 0 Å². The highest BCUT2D eigenvalue weighted by Gasteiger charge is 2.45. The van der Waals surface area contributed by atoms with Gasteiger partial charge in [-0.3, -0.25) is 4.90 Å². The summed E-state index contributed by atoms with van der Waals surface area (Å²) in [6, 6.07) is 0. The summed E-state index contributed by atoms with van der Waals surface area (Å²) >= 11 is 0. The van der Waals surface area contributed by atoms with E-state index in [0.717, 1.165) is 0 Å². The molecule has 1 aliphatic heterocycles. The predicted molar refractivity (Wildman–Crippen MR) is 48.4 cm³/mol. The molecule has 0 aromatic carbocycles. The number of ether oxygens (including phenoxy) is 1. The van der Waals surface area contributed by atoms with Crippen molar-refractivity contribution in [2.24, 2.45) is 0 Å². The van der Waals surface area contributed by atoms with Crippen LogP contribution in [0.25, 0.3) is 0 Å². The Balaban J connectivity index is 2.79. The van der Waals surface area contributed by atoms with Crippen molar-refractivity contribution in [1.82, 2.24) is 4.90 Å². The highest BCUT2D eigenvalue weighted by molar-refractivity contribution is 5.71. The van der Waals surface area contributed by atoms with Crippen molar-refractivity contribution in [3.8, 4) is 0 Å². The number of nitrogens with zero attached hydrogens (tertiary/aromatic N) is 1. The Bertz CT molecular complexity index is 221. The average molecular weight is 187 g/mol. The van der Waals surface area contributed by atoms with E-state index in [-0.39, 0.29) is 18.2 Å². The molecule has 0 aromatic heterocycles. The van der Waals surface area contributed by atoms with Gasteiger partial charge in [-0.15, -0.1) is 0 Å². The second-order valence-corrected chi connectivity index (χ2v) is 4.73. The van der Waals surface area contributed by atoms with Crippen LogP contribution in [0.1, 0.15) is 27.7 Å². The van der Waals surface area contributed by atoms with Crippen LogP contribution in [0.3, 0.4) is 0 Å². The molecule has 1 atom stereocenters. The lowest BCUT2D eigenvalue weighted by Gasteiger charge is -2.29. The van der Waals surface area contributed by atoms with Crippen LogP contribution in [-0.4, -0.2) is 40.4 Å². The molecular formula is C9H17NO3. The smallest absolute Gasteiger partial charge is 0.411 e. The Morgan fingerprint density at radius 2 is 2.15 bits per heavy atom. The normalized spacial score (nSPS) is 29.3. The molecule has 0 radical (unpaired) electrons. The van der Waals surface area contributed by atoms with Gasteiger partial charge in [-0.25, -0.2) is 4.79 Å². The SMILES string of the molecule is CC1(CO)CN(C(C)(C)C)C(=O)O1. The van der Waals surface area contributed by atoms with Gasteiger partial charge in [-0.05, 0) is 27.7 Å². The van der Waals surface area contributed by atoms with Crippen molar-refractivity contribution in [2.75, 3.05) is 13.2 Å². The van der Waals surface area contributed by atoms with E-state index in [9.17, 15) is 4.79 Å². The third kappa shape index (κ3) is 1.94. The molecule has 13 heavy (non-hydrogen) atoms. The van der Waals surface area contributed by atoms with Gasteiger partial charge in [0.1, 0.15) is 0 Å². The van der Waals surface area contributed by atoms with E-state index in [4.69, 9.17) is 9.84 Å². The zero-order valence-electron chi connectivity index (χ0n) is 8.63. The van der Waals surface area contributed by atoms with Crippen molar-refractivity contribution < 1.29 is 14.6 Å². The summed E-state index contributed by atoms with van der Waals surface area (Å²) in [5.74, 6) is 0. The van der Waals surface area contributed by atoms with Crippen molar-refractivity contribution in [2.45, 2.75) is 38.8 Å². The first kappa shape index (κ1) is 10.3.